The number of fused-ring (bicyclic) bond motifs is 2. The second-order valence-electron chi connectivity index (χ2n) is 7.63. The van der Waals surface area contributed by atoms with Crippen LogP contribution in [0.1, 0.15) is 60.8 Å². The summed E-state index contributed by atoms with van der Waals surface area (Å²) in [7, 11) is 0. The molecule has 4 nitrogen and oxygen atoms in total. The summed E-state index contributed by atoms with van der Waals surface area (Å²) in [5.74, 6) is 0. The van der Waals surface area contributed by atoms with E-state index in [-0.39, 0.29) is 17.6 Å². The Morgan fingerprint density at radius 3 is 3.14 bits per heavy atom. The van der Waals surface area contributed by atoms with Crippen molar-refractivity contribution in [1.82, 2.24) is 9.88 Å². The molecule has 3 atom stereocenters. The summed E-state index contributed by atoms with van der Waals surface area (Å²) in [5.41, 5.74) is 7.87. The Morgan fingerprint density at radius 1 is 1.43 bits per heavy atom. The van der Waals surface area contributed by atoms with Gasteiger partial charge in [-0.1, -0.05) is 13.8 Å². The molecule has 0 bridgehead atoms. The van der Waals surface area contributed by atoms with Crippen LogP contribution in [0.25, 0.3) is 0 Å². The van der Waals surface area contributed by atoms with Gasteiger partial charge in [-0.25, -0.2) is 4.98 Å². The van der Waals surface area contributed by atoms with Crippen LogP contribution in [0, 0.1) is 5.41 Å². The highest BCUT2D eigenvalue weighted by Gasteiger charge is 2.37. The van der Waals surface area contributed by atoms with Crippen molar-refractivity contribution < 1.29 is 4.74 Å². The van der Waals surface area contributed by atoms with Crippen molar-refractivity contribution in [3.8, 4) is 0 Å². The van der Waals surface area contributed by atoms with E-state index in [0.29, 0.717) is 6.04 Å². The molecule has 0 radical (unpaired) electrons. The van der Waals surface area contributed by atoms with Crippen LogP contribution in [0.2, 0.25) is 0 Å². The maximum atomic E-state index is 6.37. The van der Waals surface area contributed by atoms with Gasteiger partial charge in [-0.05, 0) is 37.6 Å². The van der Waals surface area contributed by atoms with E-state index in [1.54, 1.807) is 11.3 Å². The molecule has 3 unspecified atom stereocenters. The van der Waals surface area contributed by atoms with Gasteiger partial charge in [0.15, 0.2) is 0 Å². The molecule has 2 aliphatic heterocycles. The zero-order valence-electron chi connectivity index (χ0n) is 13.0. The Hall–Kier alpha value is -0.490. The van der Waals surface area contributed by atoms with Crippen molar-refractivity contribution in [1.29, 1.82) is 0 Å². The molecule has 116 valence electrons. The van der Waals surface area contributed by atoms with Gasteiger partial charge in [-0.2, -0.15) is 0 Å². The Morgan fingerprint density at radius 2 is 2.29 bits per heavy atom. The first-order valence-electron chi connectivity index (χ1n) is 8.12. The van der Waals surface area contributed by atoms with Crippen molar-refractivity contribution in [3.05, 3.63) is 15.6 Å². The van der Waals surface area contributed by atoms with Crippen molar-refractivity contribution in [2.24, 2.45) is 11.1 Å². The summed E-state index contributed by atoms with van der Waals surface area (Å²) in [6.45, 7) is 7.69. The van der Waals surface area contributed by atoms with Crippen LogP contribution in [0.3, 0.4) is 0 Å². The highest BCUT2D eigenvalue weighted by Crippen LogP contribution is 2.43. The maximum absolute atomic E-state index is 6.37. The van der Waals surface area contributed by atoms with E-state index >= 15 is 0 Å². The number of morpholine rings is 1. The minimum Gasteiger partial charge on any atom is -0.368 e. The minimum atomic E-state index is 0.151. The van der Waals surface area contributed by atoms with Gasteiger partial charge in [0.2, 0.25) is 0 Å². The molecule has 0 spiro atoms. The second-order valence-corrected chi connectivity index (χ2v) is 8.69. The zero-order chi connectivity index (χ0) is 14.6. The number of ether oxygens (including phenoxy) is 1. The van der Waals surface area contributed by atoms with E-state index in [0.717, 1.165) is 31.0 Å². The quantitative estimate of drug-likeness (QED) is 0.866. The van der Waals surface area contributed by atoms with Gasteiger partial charge in [0.05, 0.1) is 12.3 Å². The van der Waals surface area contributed by atoms with Gasteiger partial charge < -0.3 is 10.5 Å². The lowest BCUT2D eigenvalue weighted by molar-refractivity contribution is -0.0503. The van der Waals surface area contributed by atoms with E-state index in [9.17, 15) is 0 Å². The molecule has 3 heterocycles. The Balaban J connectivity index is 1.57. The van der Waals surface area contributed by atoms with Crippen molar-refractivity contribution >= 4 is 11.3 Å². The van der Waals surface area contributed by atoms with Crippen LogP contribution >= 0.6 is 11.3 Å². The monoisotopic (exact) mass is 307 g/mol. The van der Waals surface area contributed by atoms with Crippen LogP contribution in [0.5, 0.6) is 0 Å². The number of hydrogen-bond acceptors (Lipinski definition) is 5. The molecule has 3 aliphatic rings. The van der Waals surface area contributed by atoms with Crippen molar-refractivity contribution in [3.63, 3.8) is 0 Å². The lowest BCUT2D eigenvalue weighted by Crippen LogP contribution is -2.42. The molecule has 1 aliphatic carbocycles. The van der Waals surface area contributed by atoms with Gasteiger partial charge in [0.1, 0.15) is 11.1 Å². The van der Waals surface area contributed by atoms with Crippen LogP contribution in [-0.2, 0) is 11.2 Å². The van der Waals surface area contributed by atoms with Crippen molar-refractivity contribution in [2.45, 2.75) is 57.7 Å². The third-order valence-corrected chi connectivity index (χ3v) is 6.49. The number of nitrogens with two attached hydrogens (primary N) is 1. The predicted molar refractivity (Wildman–Crippen MR) is 84.4 cm³/mol. The fourth-order valence-corrected chi connectivity index (χ4v) is 5.24. The summed E-state index contributed by atoms with van der Waals surface area (Å²) < 4.78 is 6.11. The largest absolute Gasteiger partial charge is 0.368 e. The molecular weight excluding hydrogens is 282 g/mol. The van der Waals surface area contributed by atoms with E-state index in [1.165, 1.54) is 30.0 Å². The summed E-state index contributed by atoms with van der Waals surface area (Å²) in [5, 5.41) is 1.15. The third-order valence-electron chi connectivity index (χ3n) is 5.16. The fraction of sp³-hybridized carbons (Fsp3) is 0.812. The first-order valence-corrected chi connectivity index (χ1v) is 8.94. The van der Waals surface area contributed by atoms with Gasteiger partial charge in [0, 0.05) is 23.5 Å². The van der Waals surface area contributed by atoms with Crippen molar-refractivity contribution in [2.75, 3.05) is 19.7 Å². The minimum absolute atomic E-state index is 0.151. The highest BCUT2D eigenvalue weighted by molar-refractivity contribution is 7.11. The molecule has 2 saturated heterocycles. The van der Waals surface area contributed by atoms with Gasteiger partial charge >= 0.3 is 0 Å². The summed E-state index contributed by atoms with van der Waals surface area (Å²) in [4.78, 5) is 8.81. The number of hydrogen-bond donors (Lipinski definition) is 1. The maximum Gasteiger partial charge on any atom is 0.123 e. The van der Waals surface area contributed by atoms with Crippen LogP contribution in [-0.4, -0.2) is 35.6 Å². The molecule has 21 heavy (non-hydrogen) atoms. The first-order chi connectivity index (χ1) is 10.0. The second kappa shape index (κ2) is 5.01. The lowest BCUT2D eigenvalue weighted by atomic mass is 9.77. The Labute approximate surface area is 130 Å². The van der Waals surface area contributed by atoms with Crippen LogP contribution in [0.4, 0.5) is 0 Å². The third kappa shape index (κ3) is 2.54. The van der Waals surface area contributed by atoms with Gasteiger partial charge in [-0.15, -0.1) is 11.3 Å². The van der Waals surface area contributed by atoms with E-state index in [4.69, 9.17) is 15.5 Å². The SMILES string of the molecule is CC1(C)Cc2nc(C3CN4CCCC4CO3)sc2C(N)C1. The van der Waals surface area contributed by atoms with Crippen LogP contribution < -0.4 is 5.73 Å². The lowest BCUT2D eigenvalue weighted by Gasteiger charge is -2.34. The summed E-state index contributed by atoms with van der Waals surface area (Å²) in [6, 6.07) is 0.801. The summed E-state index contributed by atoms with van der Waals surface area (Å²) in [6.07, 6.45) is 4.87. The molecule has 2 fully saturated rings. The fourth-order valence-electron chi connectivity index (χ4n) is 4.12. The summed E-state index contributed by atoms with van der Waals surface area (Å²) >= 11 is 1.80. The first kappa shape index (κ1) is 14.1. The number of thiazole rings is 1. The van der Waals surface area contributed by atoms with E-state index in [1.807, 2.05) is 0 Å². The molecule has 5 heteroatoms. The number of rotatable bonds is 1. The molecule has 0 aromatic carbocycles. The molecular formula is C16H25N3OS. The van der Waals surface area contributed by atoms with Crippen LogP contribution in [0.15, 0.2) is 0 Å². The zero-order valence-corrected chi connectivity index (χ0v) is 13.8. The predicted octanol–water partition coefficient (Wildman–Crippen LogP) is 2.65. The highest BCUT2D eigenvalue weighted by atomic mass is 32.1. The van der Waals surface area contributed by atoms with E-state index < -0.39 is 0 Å². The van der Waals surface area contributed by atoms with Gasteiger partial charge in [-0.3, -0.25) is 4.90 Å². The molecule has 2 N–H and O–H groups in total. The standard InChI is InChI=1S/C16H25N3OS/c1-16(2)6-11(17)14-12(7-16)18-15(21-14)13-8-19-5-3-4-10(19)9-20-13/h10-11,13H,3-9,17H2,1-2H3. The topological polar surface area (TPSA) is 51.4 Å². The number of nitrogens with zero attached hydrogens (tertiary/aromatic N) is 2. The molecule has 0 saturated carbocycles. The molecule has 4 rings (SSSR count). The molecule has 1 aromatic heterocycles. The Bertz CT molecular complexity index is 542. The molecule has 0 amide bonds. The molecule has 1 aromatic rings. The average Bonchev–Trinajstić information content (AvgIpc) is 3.01. The Kier molecular flexibility index (Phi) is 3.37. The van der Waals surface area contributed by atoms with Gasteiger partial charge in [0.25, 0.3) is 0 Å². The van der Waals surface area contributed by atoms with E-state index in [2.05, 4.69) is 18.7 Å². The normalized spacial score (nSPS) is 35.5. The smallest absolute Gasteiger partial charge is 0.123 e. The number of aromatic nitrogens is 1. The average molecular weight is 307 g/mol.